The minimum atomic E-state index is 0.0102. The van der Waals surface area contributed by atoms with Crippen LogP contribution in [0.2, 0.25) is 0 Å². The van der Waals surface area contributed by atoms with Crippen LogP contribution in [0.1, 0.15) is 230 Å². The van der Waals surface area contributed by atoms with Crippen molar-refractivity contribution in [1.29, 1.82) is 0 Å². The Morgan fingerprint density at radius 3 is 0.837 bits per heavy atom. The Kier molecular flexibility index (Phi) is 29.1. The van der Waals surface area contributed by atoms with Gasteiger partial charge in [-0.2, -0.15) is 0 Å². The summed E-state index contributed by atoms with van der Waals surface area (Å²) < 4.78 is 14.9. The summed E-state index contributed by atoms with van der Waals surface area (Å²) in [5.41, 5.74) is 4.22. The molecule has 0 radical (unpaired) electrons. The zero-order valence-electron chi connectivity index (χ0n) is 29.9. The predicted molar refractivity (Wildman–Crippen MR) is 193 cm³/mol. The molecule has 0 aromatic heterocycles. The molecule has 0 aliphatic carbocycles. The van der Waals surface area contributed by atoms with Gasteiger partial charge in [-0.25, -0.2) is 4.39 Å². The van der Waals surface area contributed by atoms with Crippen molar-refractivity contribution in [3.8, 4) is 0 Å². The van der Waals surface area contributed by atoms with Crippen molar-refractivity contribution >= 4 is 0 Å². The fraction of sp³-hybridized carbons (Fsp3) is 0.857. The van der Waals surface area contributed by atoms with E-state index in [2.05, 4.69) is 20.8 Å². The van der Waals surface area contributed by atoms with Gasteiger partial charge in [0.25, 0.3) is 0 Å². The van der Waals surface area contributed by atoms with Gasteiger partial charge in [0.1, 0.15) is 5.82 Å². The van der Waals surface area contributed by atoms with E-state index in [1.54, 1.807) is 0 Å². The summed E-state index contributed by atoms with van der Waals surface area (Å²) in [5.74, 6) is 0.0102. The molecular weight excluding hydrogens is 523 g/mol. The van der Waals surface area contributed by atoms with Crippen LogP contribution in [0.3, 0.4) is 0 Å². The average molecular weight is 601 g/mol. The highest BCUT2D eigenvalue weighted by Gasteiger charge is 2.12. The van der Waals surface area contributed by atoms with Crippen molar-refractivity contribution in [1.82, 2.24) is 0 Å². The largest absolute Gasteiger partial charge is 0.207 e. The molecular formula is C42H77F. The van der Waals surface area contributed by atoms with E-state index in [4.69, 9.17) is 0 Å². The Labute approximate surface area is 271 Å². The molecule has 0 spiro atoms. The number of aryl methyl sites for hydroxylation is 2. The van der Waals surface area contributed by atoms with Crippen LogP contribution in [0.4, 0.5) is 4.39 Å². The molecule has 1 aromatic rings. The lowest BCUT2D eigenvalue weighted by atomic mass is 9.89. The van der Waals surface area contributed by atoms with Gasteiger partial charge in [0.15, 0.2) is 0 Å². The number of hydrogen-bond acceptors (Lipinski definition) is 0. The first-order valence-electron chi connectivity index (χ1n) is 20.0. The zero-order chi connectivity index (χ0) is 31.1. The second kappa shape index (κ2) is 31.1. The molecule has 0 atom stereocenters. The summed E-state index contributed by atoms with van der Waals surface area (Å²) in [4.78, 5) is 0. The van der Waals surface area contributed by atoms with Crippen molar-refractivity contribution < 1.29 is 4.39 Å². The Morgan fingerprint density at radius 2 is 0.558 bits per heavy atom. The SMILES string of the molecule is CCCCCCCCCCCCc1cc(F)cc(CCCCCCCCCCCC)c1CCCCCCCCCCCC. The van der Waals surface area contributed by atoms with E-state index in [0.29, 0.717) is 0 Å². The Morgan fingerprint density at radius 1 is 0.326 bits per heavy atom. The molecule has 0 heterocycles. The molecule has 0 aliphatic heterocycles. The van der Waals surface area contributed by atoms with E-state index >= 15 is 0 Å². The van der Waals surface area contributed by atoms with Gasteiger partial charge in [-0.15, -0.1) is 0 Å². The summed E-state index contributed by atoms with van der Waals surface area (Å²) in [6.45, 7) is 6.89. The van der Waals surface area contributed by atoms with Gasteiger partial charge < -0.3 is 0 Å². The molecule has 0 fully saturated rings. The van der Waals surface area contributed by atoms with Gasteiger partial charge in [0, 0.05) is 0 Å². The maximum atomic E-state index is 14.9. The van der Waals surface area contributed by atoms with Crippen LogP contribution in [0.25, 0.3) is 0 Å². The zero-order valence-corrected chi connectivity index (χ0v) is 29.9. The third kappa shape index (κ3) is 24.1. The second-order valence-electron chi connectivity index (χ2n) is 14.0. The van der Waals surface area contributed by atoms with Gasteiger partial charge in [-0.05, 0) is 67.3 Å². The van der Waals surface area contributed by atoms with E-state index in [0.717, 1.165) is 19.3 Å². The lowest BCUT2D eigenvalue weighted by molar-refractivity contribution is 0.549. The third-order valence-corrected chi connectivity index (χ3v) is 9.78. The van der Waals surface area contributed by atoms with Gasteiger partial charge in [0.2, 0.25) is 0 Å². The van der Waals surface area contributed by atoms with Crippen LogP contribution in [0.15, 0.2) is 12.1 Å². The lowest BCUT2D eigenvalue weighted by Gasteiger charge is -2.16. The van der Waals surface area contributed by atoms with E-state index in [1.165, 1.54) is 209 Å². The highest BCUT2D eigenvalue weighted by molar-refractivity contribution is 5.36. The summed E-state index contributed by atoms with van der Waals surface area (Å²) >= 11 is 0. The normalized spacial score (nSPS) is 11.5. The third-order valence-electron chi connectivity index (χ3n) is 9.78. The molecule has 0 unspecified atom stereocenters. The summed E-state index contributed by atoms with van der Waals surface area (Å²) in [5, 5.41) is 0. The van der Waals surface area contributed by atoms with Gasteiger partial charge in [-0.3, -0.25) is 0 Å². The predicted octanol–water partition coefficient (Wildman–Crippen LogP) is 15.2. The van der Waals surface area contributed by atoms with Crippen LogP contribution in [0, 0.1) is 5.82 Å². The van der Waals surface area contributed by atoms with Gasteiger partial charge in [-0.1, -0.05) is 194 Å². The molecule has 1 aromatic carbocycles. The van der Waals surface area contributed by atoms with Crippen molar-refractivity contribution in [2.24, 2.45) is 0 Å². The standard InChI is InChI=1S/C42H77F/c1-4-7-10-13-16-19-22-25-28-31-34-39-37-41(43)38-40(35-32-29-26-23-20-17-14-11-8-5-2)42(39)36-33-30-27-24-21-18-15-12-9-6-3/h37-38H,4-36H2,1-3H3. The van der Waals surface area contributed by atoms with Crippen LogP contribution < -0.4 is 0 Å². The highest BCUT2D eigenvalue weighted by atomic mass is 19.1. The minimum absolute atomic E-state index is 0.0102. The van der Waals surface area contributed by atoms with Crippen LogP contribution >= 0.6 is 0 Å². The second-order valence-corrected chi connectivity index (χ2v) is 14.0. The Balaban J connectivity index is 2.50. The average Bonchev–Trinajstić information content (AvgIpc) is 3.00. The quantitative estimate of drug-likeness (QED) is 0.0704. The molecule has 0 amide bonds. The maximum Gasteiger partial charge on any atom is 0.123 e. The molecule has 0 nitrogen and oxygen atoms in total. The van der Waals surface area contributed by atoms with Gasteiger partial charge >= 0.3 is 0 Å². The molecule has 0 N–H and O–H groups in total. The van der Waals surface area contributed by atoms with E-state index in [9.17, 15) is 4.39 Å². The fourth-order valence-electron chi connectivity index (χ4n) is 6.92. The van der Waals surface area contributed by atoms with Gasteiger partial charge in [0.05, 0.1) is 0 Å². The fourth-order valence-corrected chi connectivity index (χ4v) is 6.92. The number of halogens is 1. The first kappa shape index (κ1) is 40.2. The molecule has 43 heavy (non-hydrogen) atoms. The van der Waals surface area contributed by atoms with Crippen LogP contribution in [-0.2, 0) is 19.3 Å². The van der Waals surface area contributed by atoms with E-state index < -0.39 is 0 Å². The van der Waals surface area contributed by atoms with Crippen molar-refractivity contribution in [3.05, 3.63) is 34.6 Å². The number of hydrogen-bond donors (Lipinski definition) is 0. The summed E-state index contributed by atoms with van der Waals surface area (Å²) in [7, 11) is 0. The first-order valence-corrected chi connectivity index (χ1v) is 20.0. The number of rotatable bonds is 33. The van der Waals surface area contributed by atoms with E-state index in [-0.39, 0.29) is 5.82 Å². The maximum absolute atomic E-state index is 14.9. The van der Waals surface area contributed by atoms with Crippen LogP contribution in [-0.4, -0.2) is 0 Å². The Bertz CT molecular complexity index is 662. The number of unbranched alkanes of at least 4 members (excludes halogenated alkanes) is 27. The molecule has 1 rings (SSSR count). The van der Waals surface area contributed by atoms with Crippen molar-refractivity contribution in [2.75, 3.05) is 0 Å². The first-order chi connectivity index (χ1) is 21.2. The molecule has 0 aliphatic rings. The summed E-state index contributed by atoms with van der Waals surface area (Å²) in [6.07, 6.45) is 44.4. The molecule has 0 bridgehead atoms. The molecule has 0 saturated carbocycles. The number of benzene rings is 1. The highest BCUT2D eigenvalue weighted by Crippen LogP contribution is 2.25. The van der Waals surface area contributed by atoms with Crippen molar-refractivity contribution in [3.63, 3.8) is 0 Å². The molecule has 0 saturated heterocycles. The van der Waals surface area contributed by atoms with Crippen LogP contribution in [0.5, 0.6) is 0 Å². The smallest absolute Gasteiger partial charge is 0.123 e. The topological polar surface area (TPSA) is 0 Å². The molecule has 1 heteroatoms. The summed E-state index contributed by atoms with van der Waals surface area (Å²) in [6, 6.07) is 3.81. The van der Waals surface area contributed by atoms with E-state index in [1.807, 2.05) is 12.1 Å². The van der Waals surface area contributed by atoms with Crippen molar-refractivity contribution in [2.45, 2.75) is 233 Å². The Hall–Kier alpha value is -0.850. The minimum Gasteiger partial charge on any atom is -0.207 e. The lowest BCUT2D eigenvalue weighted by Crippen LogP contribution is -2.04. The molecule has 252 valence electrons. The monoisotopic (exact) mass is 601 g/mol.